The molecule has 0 bridgehead atoms. The monoisotopic (exact) mass is 234 g/mol. The third-order valence-electron chi connectivity index (χ3n) is 1.67. The van der Waals surface area contributed by atoms with E-state index in [1.165, 1.54) is 5.56 Å². The second-order valence-electron chi connectivity index (χ2n) is 2.87. The van der Waals surface area contributed by atoms with Gasteiger partial charge >= 0.3 is 0 Å². The number of benzene rings is 1. The number of aliphatic imine (C=N–C) groups is 1. The Labute approximate surface area is 106 Å². The van der Waals surface area contributed by atoms with E-state index in [9.17, 15) is 0 Å². The minimum atomic E-state index is 0.714. The van der Waals surface area contributed by atoms with Gasteiger partial charge in [-0.15, -0.1) is 0 Å². The van der Waals surface area contributed by atoms with E-state index in [-0.39, 0.29) is 0 Å². The summed E-state index contributed by atoms with van der Waals surface area (Å²) in [5.41, 5.74) is 7.49. The molecule has 96 valence electrons. The van der Waals surface area contributed by atoms with Crippen LogP contribution in [0.3, 0.4) is 0 Å². The van der Waals surface area contributed by atoms with Crippen molar-refractivity contribution in [3.8, 4) is 0 Å². The van der Waals surface area contributed by atoms with E-state index < -0.39 is 0 Å². The molecule has 0 saturated heterocycles. The SMILES string of the molecule is C/C(C=NCc1ccccc1)=C/N.CC.CC. The lowest BCUT2D eigenvalue weighted by molar-refractivity contribution is 1.08. The summed E-state index contributed by atoms with van der Waals surface area (Å²) in [4.78, 5) is 4.24. The minimum absolute atomic E-state index is 0.714. The molecule has 0 saturated carbocycles. The zero-order chi connectivity index (χ0) is 13.5. The topological polar surface area (TPSA) is 38.4 Å². The van der Waals surface area contributed by atoms with Crippen LogP contribution in [-0.2, 0) is 6.54 Å². The van der Waals surface area contributed by atoms with Gasteiger partial charge in [-0.1, -0.05) is 58.0 Å². The van der Waals surface area contributed by atoms with Crippen molar-refractivity contribution in [1.82, 2.24) is 0 Å². The second kappa shape index (κ2) is 14.4. The first kappa shape index (κ1) is 17.8. The number of allylic oxidation sites excluding steroid dienone is 1. The number of hydrogen-bond acceptors (Lipinski definition) is 2. The normalized spacial score (nSPS) is 10.1. The highest BCUT2D eigenvalue weighted by Gasteiger charge is 1.86. The molecule has 1 aromatic rings. The van der Waals surface area contributed by atoms with Crippen LogP contribution in [0.25, 0.3) is 0 Å². The summed E-state index contributed by atoms with van der Waals surface area (Å²) in [7, 11) is 0. The largest absolute Gasteiger partial charge is 0.404 e. The van der Waals surface area contributed by atoms with Crippen LogP contribution in [0.1, 0.15) is 40.2 Å². The predicted molar refractivity (Wildman–Crippen MR) is 79.3 cm³/mol. The van der Waals surface area contributed by atoms with Crippen LogP contribution in [0, 0.1) is 0 Å². The van der Waals surface area contributed by atoms with E-state index in [1.807, 2.05) is 52.8 Å². The predicted octanol–water partition coefficient (Wildman–Crippen LogP) is 4.17. The average Bonchev–Trinajstić information content (AvgIpc) is 2.44. The Bertz CT molecular complexity index is 300. The Hall–Kier alpha value is -1.57. The highest BCUT2D eigenvalue weighted by molar-refractivity contribution is 5.77. The lowest BCUT2D eigenvalue weighted by Crippen LogP contribution is -1.87. The van der Waals surface area contributed by atoms with E-state index in [4.69, 9.17) is 5.73 Å². The molecule has 1 rings (SSSR count). The molecule has 2 N–H and O–H groups in total. The van der Waals surface area contributed by atoms with Crippen LogP contribution >= 0.6 is 0 Å². The molecule has 2 heteroatoms. The first-order valence-corrected chi connectivity index (χ1v) is 6.25. The highest BCUT2D eigenvalue weighted by atomic mass is 14.7. The van der Waals surface area contributed by atoms with Gasteiger partial charge in [0, 0.05) is 6.21 Å². The lowest BCUT2D eigenvalue weighted by Gasteiger charge is -1.94. The summed E-state index contributed by atoms with van der Waals surface area (Å²) in [5.74, 6) is 0. The van der Waals surface area contributed by atoms with Crippen molar-refractivity contribution in [3.05, 3.63) is 47.7 Å². The third kappa shape index (κ3) is 10.7. The summed E-state index contributed by atoms with van der Waals surface area (Å²) in [5, 5.41) is 0. The second-order valence-corrected chi connectivity index (χ2v) is 2.87. The van der Waals surface area contributed by atoms with Crippen molar-refractivity contribution in [3.63, 3.8) is 0 Å². The van der Waals surface area contributed by atoms with Crippen LogP contribution in [0.15, 0.2) is 47.1 Å². The molecule has 0 aliphatic rings. The number of hydrogen-bond donors (Lipinski definition) is 1. The van der Waals surface area contributed by atoms with Gasteiger partial charge in [-0.2, -0.15) is 0 Å². The first-order valence-electron chi connectivity index (χ1n) is 6.25. The maximum absolute atomic E-state index is 5.30. The first-order chi connectivity index (χ1) is 8.33. The minimum Gasteiger partial charge on any atom is -0.404 e. The maximum atomic E-state index is 5.30. The average molecular weight is 234 g/mol. The van der Waals surface area contributed by atoms with E-state index in [1.54, 1.807) is 12.4 Å². The Morgan fingerprint density at radius 2 is 1.65 bits per heavy atom. The molecule has 0 unspecified atom stereocenters. The van der Waals surface area contributed by atoms with Gasteiger partial charge in [0.1, 0.15) is 0 Å². The fourth-order valence-corrected chi connectivity index (χ4v) is 0.921. The van der Waals surface area contributed by atoms with E-state index in [0.717, 1.165) is 5.57 Å². The molecule has 0 aromatic heterocycles. The van der Waals surface area contributed by atoms with Gasteiger partial charge in [0.2, 0.25) is 0 Å². The standard InChI is InChI=1S/C11H14N2.2C2H6/c1-10(7-12)8-13-9-11-5-3-2-4-6-11;2*1-2/h2-8H,9,12H2,1H3;2*1-2H3/b10-7-,13-8?;;. The van der Waals surface area contributed by atoms with Crippen molar-refractivity contribution < 1.29 is 0 Å². The molecule has 0 amide bonds. The van der Waals surface area contributed by atoms with Crippen LogP contribution in [-0.4, -0.2) is 6.21 Å². The molecule has 0 heterocycles. The molecule has 0 fully saturated rings. The number of nitrogens with zero attached hydrogens (tertiary/aromatic N) is 1. The zero-order valence-electron chi connectivity index (χ0n) is 11.8. The smallest absolute Gasteiger partial charge is 0.0639 e. The quantitative estimate of drug-likeness (QED) is 0.783. The molecule has 1 aromatic carbocycles. The van der Waals surface area contributed by atoms with E-state index in [2.05, 4.69) is 17.1 Å². The van der Waals surface area contributed by atoms with Gasteiger partial charge < -0.3 is 5.73 Å². The van der Waals surface area contributed by atoms with Gasteiger partial charge in [0.25, 0.3) is 0 Å². The van der Waals surface area contributed by atoms with Crippen LogP contribution in [0.2, 0.25) is 0 Å². The van der Waals surface area contributed by atoms with E-state index in [0.29, 0.717) is 6.54 Å². The summed E-state index contributed by atoms with van der Waals surface area (Å²) < 4.78 is 0. The highest BCUT2D eigenvalue weighted by Crippen LogP contribution is 1.99. The maximum Gasteiger partial charge on any atom is 0.0639 e. The van der Waals surface area contributed by atoms with Crippen LogP contribution in [0.5, 0.6) is 0 Å². The van der Waals surface area contributed by atoms with Crippen molar-refractivity contribution in [2.75, 3.05) is 0 Å². The van der Waals surface area contributed by atoms with Crippen molar-refractivity contribution >= 4 is 6.21 Å². The third-order valence-corrected chi connectivity index (χ3v) is 1.67. The molecule has 0 radical (unpaired) electrons. The van der Waals surface area contributed by atoms with Gasteiger partial charge in [0.05, 0.1) is 6.54 Å². The Morgan fingerprint density at radius 1 is 1.12 bits per heavy atom. The molecule has 17 heavy (non-hydrogen) atoms. The molecular weight excluding hydrogens is 208 g/mol. The molecule has 0 spiro atoms. The summed E-state index contributed by atoms with van der Waals surface area (Å²) in [6.07, 6.45) is 3.33. The van der Waals surface area contributed by atoms with Crippen molar-refractivity contribution in [2.24, 2.45) is 10.7 Å². The fraction of sp³-hybridized carbons (Fsp3) is 0.400. The molecule has 0 aliphatic carbocycles. The van der Waals surface area contributed by atoms with Crippen LogP contribution in [0.4, 0.5) is 0 Å². The molecular formula is C15H26N2. The van der Waals surface area contributed by atoms with Crippen LogP contribution < -0.4 is 5.73 Å². The Kier molecular flexibility index (Phi) is 15.1. The molecule has 2 nitrogen and oxygen atoms in total. The Morgan fingerprint density at radius 3 is 2.12 bits per heavy atom. The number of nitrogens with two attached hydrogens (primary N) is 1. The van der Waals surface area contributed by atoms with Gasteiger partial charge in [-0.05, 0) is 24.3 Å². The van der Waals surface area contributed by atoms with Gasteiger partial charge in [-0.25, -0.2) is 0 Å². The summed E-state index contributed by atoms with van der Waals surface area (Å²) in [6.45, 7) is 10.6. The Balaban J connectivity index is 0. The summed E-state index contributed by atoms with van der Waals surface area (Å²) in [6, 6.07) is 10.1. The summed E-state index contributed by atoms with van der Waals surface area (Å²) >= 11 is 0. The fourth-order valence-electron chi connectivity index (χ4n) is 0.921. The lowest BCUT2D eigenvalue weighted by atomic mass is 10.2. The zero-order valence-corrected chi connectivity index (χ0v) is 11.8. The number of rotatable bonds is 3. The molecule has 0 atom stereocenters. The van der Waals surface area contributed by atoms with Gasteiger partial charge in [-0.3, -0.25) is 4.99 Å². The van der Waals surface area contributed by atoms with Crippen molar-refractivity contribution in [1.29, 1.82) is 0 Å². The van der Waals surface area contributed by atoms with Gasteiger partial charge in [0.15, 0.2) is 0 Å². The molecule has 0 aliphatic heterocycles. The van der Waals surface area contributed by atoms with Crippen molar-refractivity contribution in [2.45, 2.75) is 41.2 Å². The van der Waals surface area contributed by atoms with E-state index >= 15 is 0 Å².